The van der Waals surface area contributed by atoms with Crippen LogP contribution in [0.3, 0.4) is 0 Å². The molecule has 0 rings (SSSR count). The zero-order valence-corrected chi connectivity index (χ0v) is 20.7. The number of hydrogen-bond donors (Lipinski definition) is 1. The third-order valence-electron chi connectivity index (χ3n) is 4.59. The van der Waals surface area contributed by atoms with E-state index in [4.69, 9.17) is 0 Å². The zero-order valence-electron chi connectivity index (χ0n) is 18.7. The summed E-state index contributed by atoms with van der Waals surface area (Å²) in [7, 11) is 0. The van der Waals surface area contributed by atoms with Crippen LogP contribution in [-0.4, -0.2) is 17.9 Å². The molecule has 0 spiro atoms. The smallest absolute Gasteiger partial charge is 0.548 e. The van der Waals surface area contributed by atoms with Gasteiger partial charge in [0.2, 0.25) is 5.91 Å². The summed E-state index contributed by atoms with van der Waals surface area (Å²) in [4.78, 5) is 22.7. The summed E-state index contributed by atoms with van der Waals surface area (Å²) in [5, 5.41) is 13.5. The number of nitrogens with one attached hydrogen (secondary N) is 1. The van der Waals surface area contributed by atoms with Gasteiger partial charge in [-0.3, -0.25) is 4.79 Å². The van der Waals surface area contributed by atoms with Crippen LogP contribution in [0.5, 0.6) is 0 Å². The quantitative estimate of drug-likeness (QED) is 0.229. The van der Waals surface area contributed by atoms with E-state index in [1.165, 1.54) is 38.5 Å². The van der Waals surface area contributed by atoms with Crippen molar-refractivity contribution in [1.82, 2.24) is 5.32 Å². The fourth-order valence-electron chi connectivity index (χ4n) is 2.84. The first-order chi connectivity index (χ1) is 13.0. The molecule has 0 fully saturated rings. The minimum Gasteiger partial charge on any atom is -0.548 e. The summed E-state index contributed by atoms with van der Waals surface area (Å²) < 4.78 is 0. The van der Waals surface area contributed by atoms with Gasteiger partial charge in [0.1, 0.15) is 0 Å². The van der Waals surface area contributed by atoms with Crippen LogP contribution < -0.4 is 40.0 Å². The van der Waals surface area contributed by atoms with E-state index in [0.717, 1.165) is 32.1 Å². The molecule has 0 bridgehead atoms. The number of aliphatic carboxylic acids is 1. The molecule has 1 atom stereocenters. The van der Waals surface area contributed by atoms with Crippen LogP contribution in [0.15, 0.2) is 24.3 Å². The number of rotatable bonds is 17. The van der Waals surface area contributed by atoms with Gasteiger partial charge in [-0.15, -0.1) is 0 Å². The number of carbonyl (C=O) groups is 2. The number of unbranched alkanes of at least 4 members (excludes halogenated alkanes) is 8. The number of amides is 1. The normalized spacial score (nSPS) is 12.4. The Morgan fingerprint density at radius 1 is 0.857 bits per heavy atom. The van der Waals surface area contributed by atoms with E-state index in [1.54, 1.807) is 13.8 Å². The van der Waals surface area contributed by atoms with Crippen molar-refractivity contribution in [2.75, 3.05) is 0 Å². The summed E-state index contributed by atoms with van der Waals surface area (Å²) in [6.07, 6.45) is 22.0. The summed E-state index contributed by atoms with van der Waals surface area (Å²) in [5.41, 5.74) is 0. The van der Waals surface area contributed by atoms with Crippen LogP contribution in [-0.2, 0) is 9.59 Å². The van der Waals surface area contributed by atoms with Gasteiger partial charge in [0.05, 0.1) is 12.0 Å². The van der Waals surface area contributed by atoms with Crippen molar-refractivity contribution in [2.45, 2.75) is 104 Å². The van der Waals surface area contributed by atoms with Gasteiger partial charge in [-0.25, -0.2) is 0 Å². The molecule has 4 nitrogen and oxygen atoms in total. The Morgan fingerprint density at radius 3 is 1.93 bits per heavy atom. The van der Waals surface area contributed by atoms with Crippen LogP contribution in [0.25, 0.3) is 0 Å². The van der Waals surface area contributed by atoms with E-state index in [1.807, 2.05) is 0 Å². The monoisotopic (exact) mass is 401 g/mol. The van der Waals surface area contributed by atoms with Crippen molar-refractivity contribution in [2.24, 2.45) is 5.92 Å². The van der Waals surface area contributed by atoms with E-state index in [-0.39, 0.29) is 41.4 Å². The largest absolute Gasteiger partial charge is 1.00 e. The predicted octanol–water partition coefficient (Wildman–Crippen LogP) is 1.69. The first kappa shape index (κ1) is 29.6. The Hall–Kier alpha value is -0.580. The molecule has 0 radical (unpaired) electrons. The number of hydrogen-bond acceptors (Lipinski definition) is 3. The van der Waals surface area contributed by atoms with Gasteiger partial charge in [0.25, 0.3) is 0 Å². The van der Waals surface area contributed by atoms with Crippen molar-refractivity contribution >= 4 is 11.9 Å². The summed E-state index contributed by atoms with van der Waals surface area (Å²) in [6, 6.07) is -0.893. The van der Waals surface area contributed by atoms with Crippen LogP contribution in [0.1, 0.15) is 97.8 Å². The van der Waals surface area contributed by atoms with Crippen molar-refractivity contribution in [3.8, 4) is 0 Å². The van der Waals surface area contributed by atoms with Crippen molar-refractivity contribution in [3.63, 3.8) is 0 Å². The molecule has 5 heteroatoms. The molecule has 0 aliphatic heterocycles. The third kappa shape index (κ3) is 18.8. The average Bonchev–Trinajstić information content (AvgIpc) is 2.62. The van der Waals surface area contributed by atoms with Gasteiger partial charge in [0, 0.05) is 6.42 Å². The molecule has 0 saturated heterocycles. The van der Waals surface area contributed by atoms with Gasteiger partial charge in [-0.05, 0) is 44.4 Å². The second-order valence-electron chi connectivity index (χ2n) is 7.59. The Kier molecular flexibility index (Phi) is 22.4. The standard InChI is InChI=1S/C23H41NO3.Na/c1-4-5-6-7-8-9-10-11-12-13-14-15-16-17-18-19-21(25)24-22(20(2)3)23(26)27;/h8-9,11-12,20,22H,4-7,10,13-19H2,1-3H3,(H,24,25)(H,26,27);/q;+1/p-1/b9-8-,12-11-;/t22-;/m0./s1. The number of carbonyl (C=O) groups excluding carboxylic acids is 2. The second-order valence-corrected chi connectivity index (χ2v) is 7.59. The minimum atomic E-state index is -1.21. The number of carboxylic acids is 1. The van der Waals surface area contributed by atoms with E-state index in [2.05, 4.69) is 36.5 Å². The molecule has 0 aliphatic carbocycles. The fraction of sp³-hybridized carbons (Fsp3) is 0.739. The Bertz CT molecular complexity index is 447. The molecular weight excluding hydrogens is 361 g/mol. The molecule has 0 unspecified atom stereocenters. The van der Waals surface area contributed by atoms with Crippen molar-refractivity contribution in [3.05, 3.63) is 24.3 Å². The molecule has 0 aromatic heterocycles. The Morgan fingerprint density at radius 2 is 1.39 bits per heavy atom. The first-order valence-corrected chi connectivity index (χ1v) is 10.8. The fourth-order valence-corrected chi connectivity index (χ4v) is 2.84. The molecule has 0 saturated carbocycles. The Balaban J connectivity index is 0. The molecule has 156 valence electrons. The average molecular weight is 402 g/mol. The zero-order chi connectivity index (χ0) is 20.3. The maximum Gasteiger partial charge on any atom is 1.00 e. The van der Waals surface area contributed by atoms with Crippen LogP contribution >= 0.6 is 0 Å². The molecule has 0 heterocycles. The van der Waals surface area contributed by atoms with Crippen LogP contribution in [0.2, 0.25) is 0 Å². The van der Waals surface area contributed by atoms with Crippen molar-refractivity contribution in [1.29, 1.82) is 0 Å². The Labute approximate surface area is 194 Å². The summed E-state index contributed by atoms with van der Waals surface area (Å²) in [5.74, 6) is -1.56. The van der Waals surface area contributed by atoms with Gasteiger partial charge in [-0.1, -0.05) is 77.2 Å². The minimum absolute atomic E-state index is 0. The van der Waals surface area contributed by atoms with Gasteiger partial charge in [0.15, 0.2) is 0 Å². The van der Waals surface area contributed by atoms with E-state index in [9.17, 15) is 14.7 Å². The van der Waals surface area contributed by atoms with Gasteiger partial charge < -0.3 is 15.2 Å². The molecule has 0 aromatic carbocycles. The maximum absolute atomic E-state index is 11.8. The second kappa shape index (κ2) is 21.1. The molecule has 0 aliphatic rings. The first-order valence-electron chi connectivity index (χ1n) is 10.8. The molecular formula is C23H40NNaO3. The molecule has 1 N–H and O–H groups in total. The van der Waals surface area contributed by atoms with E-state index in [0.29, 0.717) is 6.42 Å². The maximum atomic E-state index is 11.8. The van der Waals surface area contributed by atoms with Crippen molar-refractivity contribution < 1.29 is 44.3 Å². The van der Waals surface area contributed by atoms with Gasteiger partial charge >= 0.3 is 29.6 Å². The molecule has 0 aromatic rings. The van der Waals surface area contributed by atoms with E-state index >= 15 is 0 Å². The molecule has 28 heavy (non-hydrogen) atoms. The van der Waals surface area contributed by atoms with Gasteiger partial charge in [-0.2, -0.15) is 0 Å². The van der Waals surface area contributed by atoms with Crippen LogP contribution in [0, 0.1) is 5.92 Å². The molecule has 1 amide bonds. The van der Waals surface area contributed by atoms with E-state index < -0.39 is 12.0 Å². The van der Waals surface area contributed by atoms with Crippen LogP contribution in [0.4, 0.5) is 0 Å². The number of allylic oxidation sites excluding steroid dienone is 4. The SMILES string of the molecule is CCCCC/C=C\C/C=C\CCCCCCCC(=O)N[C@H](C(=O)[O-])C(C)C.[Na+]. The number of carboxylic acid groups (broad SMARTS) is 1. The summed E-state index contributed by atoms with van der Waals surface area (Å²) >= 11 is 0. The topological polar surface area (TPSA) is 69.2 Å². The summed E-state index contributed by atoms with van der Waals surface area (Å²) in [6.45, 7) is 5.75. The predicted molar refractivity (Wildman–Crippen MR) is 111 cm³/mol. The third-order valence-corrected chi connectivity index (χ3v) is 4.59.